The monoisotopic (exact) mass is 174 g/mol. The van der Waals surface area contributed by atoms with E-state index >= 15 is 0 Å². The molecule has 0 atom stereocenters. The van der Waals surface area contributed by atoms with E-state index < -0.39 is 0 Å². The lowest BCUT2D eigenvalue weighted by molar-refractivity contribution is 0.410. The third-order valence-electron chi connectivity index (χ3n) is 1.74. The lowest BCUT2D eigenvalue weighted by Gasteiger charge is -2.03. The van der Waals surface area contributed by atoms with Gasteiger partial charge in [0.15, 0.2) is 0 Å². The summed E-state index contributed by atoms with van der Waals surface area (Å²) in [6.07, 6.45) is 1.53. The lowest BCUT2D eigenvalue weighted by atomic mass is 10.1. The Morgan fingerprint density at radius 3 is 3.08 bits per heavy atom. The van der Waals surface area contributed by atoms with Gasteiger partial charge >= 0.3 is 0 Å². The van der Waals surface area contributed by atoms with Gasteiger partial charge in [-0.05, 0) is 6.07 Å². The molecule has 0 aliphatic carbocycles. The Bertz CT molecular complexity index is 382. The maximum absolute atomic E-state index is 5.13. The second kappa shape index (κ2) is 3.31. The predicted octanol–water partition coefficient (Wildman–Crippen LogP) is 2.15. The minimum atomic E-state index is 0.677. The van der Waals surface area contributed by atoms with E-state index in [2.05, 4.69) is 11.2 Å². The summed E-state index contributed by atoms with van der Waals surface area (Å²) in [5.74, 6) is 0.677. The molecule has 1 aromatic carbocycles. The summed E-state index contributed by atoms with van der Waals surface area (Å²) >= 11 is 0. The quantitative estimate of drug-likeness (QED) is 0.699. The maximum atomic E-state index is 5.13. The minimum Gasteiger partial charge on any atom is -0.495 e. The molecule has 3 nitrogen and oxygen atoms in total. The summed E-state index contributed by atoms with van der Waals surface area (Å²) in [7, 11) is 1.61. The second-order valence-electron chi connectivity index (χ2n) is 2.50. The largest absolute Gasteiger partial charge is 0.495 e. The van der Waals surface area contributed by atoms with Crippen LogP contribution in [0, 0.1) is 6.07 Å². The number of benzene rings is 1. The number of methoxy groups -OCH3 is 1. The summed E-state index contributed by atoms with van der Waals surface area (Å²) in [6.45, 7) is 0. The van der Waals surface area contributed by atoms with Crippen LogP contribution in [0.25, 0.3) is 11.3 Å². The van der Waals surface area contributed by atoms with Gasteiger partial charge in [0, 0.05) is 17.7 Å². The Hall–Kier alpha value is -1.77. The van der Waals surface area contributed by atoms with Crippen LogP contribution >= 0.6 is 0 Å². The Morgan fingerprint density at radius 2 is 2.38 bits per heavy atom. The minimum absolute atomic E-state index is 0.677. The van der Waals surface area contributed by atoms with Crippen molar-refractivity contribution in [3.63, 3.8) is 0 Å². The first-order valence-corrected chi connectivity index (χ1v) is 3.87. The third-order valence-corrected chi connectivity index (χ3v) is 1.74. The normalized spacial score (nSPS) is 9.92. The Kier molecular flexibility index (Phi) is 2.00. The average Bonchev–Trinajstić information content (AvgIpc) is 2.70. The first kappa shape index (κ1) is 7.86. The van der Waals surface area contributed by atoms with Crippen LogP contribution in [-0.2, 0) is 0 Å². The molecule has 0 saturated heterocycles. The molecule has 3 heteroatoms. The molecule has 1 aromatic heterocycles. The van der Waals surface area contributed by atoms with E-state index in [1.807, 2.05) is 12.1 Å². The molecule has 1 radical (unpaired) electrons. The molecule has 13 heavy (non-hydrogen) atoms. The second-order valence-corrected chi connectivity index (χ2v) is 2.50. The lowest BCUT2D eigenvalue weighted by Crippen LogP contribution is -1.87. The Morgan fingerprint density at radius 1 is 1.46 bits per heavy atom. The highest BCUT2D eigenvalue weighted by molar-refractivity contribution is 5.65. The van der Waals surface area contributed by atoms with Gasteiger partial charge in [0.05, 0.1) is 7.11 Å². The van der Waals surface area contributed by atoms with Crippen LogP contribution in [0.15, 0.2) is 35.1 Å². The van der Waals surface area contributed by atoms with Crippen LogP contribution in [-0.4, -0.2) is 12.3 Å². The molecular formula is C10H8NO2. The van der Waals surface area contributed by atoms with Gasteiger partial charge in [-0.1, -0.05) is 17.3 Å². The first-order valence-electron chi connectivity index (χ1n) is 3.87. The highest BCUT2D eigenvalue weighted by atomic mass is 16.5. The van der Waals surface area contributed by atoms with Crippen LogP contribution in [0.4, 0.5) is 0 Å². The molecule has 0 unspecified atom stereocenters. The topological polar surface area (TPSA) is 35.3 Å². The number of hydrogen-bond acceptors (Lipinski definition) is 3. The fourth-order valence-corrected chi connectivity index (χ4v) is 1.14. The van der Waals surface area contributed by atoms with Crippen molar-refractivity contribution in [1.82, 2.24) is 5.16 Å². The van der Waals surface area contributed by atoms with Crippen molar-refractivity contribution in [1.29, 1.82) is 0 Å². The molecule has 0 N–H and O–H groups in total. The molecule has 2 rings (SSSR count). The van der Waals surface area contributed by atoms with Gasteiger partial charge in [-0.3, -0.25) is 0 Å². The molecule has 65 valence electrons. The van der Waals surface area contributed by atoms with Gasteiger partial charge in [-0.25, -0.2) is 0 Å². The molecule has 0 fully saturated rings. The first-order chi connectivity index (χ1) is 6.42. The van der Waals surface area contributed by atoms with Crippen molar-refractivity contribution < 1.29 is 9.26 Å². The number of para-hydroxylation sites is 1. The molecule has 2 aromatic rings. The summed E-state index contributed by atoms with van der Waals surface area (Å²) in [6, 6.07) is 10.3. The van der Waals surface area contributed by atoms with Crippen molar-refractivity contribution in [3.8, 4) is 17.0 Å². The molecule has 1 heterocycles. The smallest absolute Gasteiger partial charge is 0.136 e. The van der Waals surface area contributed by atoms with Crippen molar-refractivity contribution in [3.05, 3.63) is 36.6 Å². The maximum Gasteiger partial charge on any atom is 0.136 e. The van der Waals surface area contributed by atoms with Crippen LogP contribution in [0.2, 0.25) is 0 Å². The number of aromatic nitrogens is 1. The summed E-state index contributed by atoms with van der Waals surface area (Å²) < 4.78 is 9.88. The third kappa shape index (κ3) is 1.40. The number of hydrogen-bond donors (Lipinski definition) is 0. The van der Waals surface area contributed by atoms with E-state index in [0.29, 0.717) is 5.75 Å². The van der Waals surface area contributed by atoms with Crippen LogP contribution in [0.3, 0.4) is 0 Å². The molecule has 0 aliphatic heterocycles. The highest BCUT2D eigenvalue weighted by Crippen LogP contribution is 2.27. The molecular weight excluding hydrogens is 166 g/mol. The number of nitrogens with zero attached hydrogens (tertiary/aromatic N) is 1. The van der Waals surface area contributed by atoms with Crippen molar-refractivity contribution in [2.24, 2.45) is 0 Å². The summed E-state index contributed by atoms with van der Waals surface area (Å²) in [5, 5.41) is 3.82. The van der Waals surface area contributed by atoms with Crippen molar-refractivity contribution in [2.75, 3.05) is 7.11 Å². The van der Waals surface area contributed by atoms with Gasteiger partial charge in [0.25, 0.3) is 0 Å². The van der Waals surface area contributed by atoms with Gasteiger partial charge in [0.2, 0.25) is 0 Å². The zero-order valence-electron chi connectivity index (χ0n) is 7.15. The summed E-state index contributed by atoms with van der Waals surface area (Å²) in [5.41, 5.74) is 1.65. The van der Waals surface area contributed by atoms with E-state index in [0.717, 1.165) is 11.3 Å². The fourth-order valence-electron chi connectivity index (χ4n) is 1.14. The van der Waals surface area contributed by atoms with E-state index in [-0.39, 0.29) is 0 Å². The average molecular weight is 174 g/mol. The molecule has 0 aliphatic rings. The highest BCUT2D eigenvalue weighted by Gasteiger charge is 2.06. The molecule has 0 amide bonds. The fraction of sp³-hybridized carbons (Fsp3) is 0.100. The van der Waals surface area contributed by atoms with Gasteiger partial charge < -0.3 is 9.26 Å². The van der Waals surface area contributed by atoms with Crippen molar-refractivity contribution in [2.45, 2.75) is 0 Å². The molecule has 0 saturated carbocycles. The number of rotatable bonds is 2. The Balaban J connectivity index is 2.51. The zero-order chi connectivity index (χ0) is 9.10. The molecule has 0 bridgehead atoms. The van der Waals surface area contributed by atoms with Gasteiger partial charge in [-0.2, -0.15) is 0 Å². The zero-order valence-corrected chi connectivity index (χ0v) is 7.15. The van der Waals surface area contributed by atoms with E-state index in [9.17, 15) is 0 Å². The standard InChI is InChI=1S/C10H8NO2/c1-12-10-5-3-2-4-8(10)9-6-7-13-11-9/h2-4,6-7H,1H3. The van der Waals surface area contributed by atoms with Crippen molar-refractivity contribution >= 4 is 0 Å². The molecule has 0 spiro atoms. The van der Waals surface area contributed by atoms with Crippen LogP contribution in [0.5, 0.6) is 5.75 Å². The number of ether oxygens (including phenoxy) is 1. The van der Waals surface area contributed by atoms with E-state index in [1.165, 1.54) is 6.26 Å². The SMILES string of the molecule is COc1[c]cccc1-c1ccon1. The van der Waals surface area contributed by atoms with Crippen LogP contribution < -0.4 is 4.74 Å². The van der Waals surface area contributed by atoms with Gasteiger partial charge in [-0.15, -0.1) is 0 Å². The van der Waals surface area contributed by atoms with E-state index in [1.54, 1.807) is 19.2 Å². The van der Waals surface area contributed by atoms with Gasteiger partial charge in [0.1, 0.15) is 17.7 Å². The Labute approximate surface area is 75.9 Å². The van der Waals surface area contributed by atoms with Crippen LogP contribution in [0.1, 0.15) is 0 Å². The predicted molar refractivity (Wildman–Crippen MR) is 47.3 cm³/mol. The van der Waals surface area contributed by atoms with E-state index in [4.69, 9.17) is 9.26 Å². The summed E-state index contributed by atoms with van der Waals surface area (Å²) in [4.78, 5) is 0.